The molecule has 2 N–H and O–H groups in total. The molecule has 6 nitrogen and oxygen atoms in total. The predicted octanol–water partition coefficient (Wildman–Crippen LogP) is 4.43. The second-order valence-corrected chi connectivity index (χ2v) is 7.01. The summed E-state index contributed by atoms with van der Waals surface area (Å²) >= 11 is 0. The van der Waals surface area contributed by atoms with Crippen LogP contribution in [0.2, 0.25) is 0 Å². The van der Waals surface area contributed by atoms with Gasteiger partial charge in [0.05, 0.1) is 12.7 Å². The Morgan fingerprint density at radius 2 is 1.60 bits per heavy atom. The van der Waals surface area contributed by atoms with E-state index in [1.165, 1.54) is 30.4 Å². The van der Waals surface area contributed by atoms with Crippen LogP contribution in [0.15, 0.2) is 66.7 Å². The Morgan fingerprint density at radius 1 is 0.967 bits per heavy atom. The van der Waals surface area contributed by atoms with Crippen molar-refractivity contribution < 1.29 is 24.2 Å². The van der Waals surface area contributed by atoms with Crippen LogP contribution in [0.5, 0.6) is 5.75 Å². The molecule has 1 aliphatic rings. The number of rotatable bonds is 6. The van der Waals surface area contributed by atoms with E-state index in [0.29, 0.717) is 11.3 Å². The molecule has 0 saturated heterocycles. The van der Waals surface area contributed by atoms with Crippen molar-refractivity contribution in [3.63, 3.8) is 0 Å². The van der Waals surface area contributed by atoms with Gasteiger partial charge in [-0.2, -0.15) is 0 Å². The zero-order valence-electron chi connectivity index (χ0n) is 16.4. The average molecular weight is 403 g/mol. The lowest BCUT2D eigenvalue weighted by Gasteiger charge is -2.15. The van der Waals surface area contributed by atoms with Gasteiger partial charge in [-0.1, -0.05) is 54.6 Å². The summed E-state index contributed by atoms with van der Waals surface area (Å²) in [7, 11) is 1.46. The van der Waals surface area contributed by atoms with Crippen LogP contribution in [0.25, 0.3) is 11.1 Å². The Balaban J connectivity index is 1.41. The van der Waals surface area contributed by atoms with E-state index in [9.17, 15) is 9.59 Å². The van der Waals surface area contributed by atoms with Crippen molar-refractivity contribution in [1.82, 2.24) is 5.32 Å². The topological polar surface area (TPSA) is 84.9 Å². The number of methoxy groups -OCH3 is 1. The molecule has 0 spiro atoms. The molecular weight excluding hydrogens is 382 g/mol. The third kappa shape index (κ3) is 3.72. The van der Waals surface area contributed by atoms with E-state index in [4.69, 9.17) is 14.6 Å². The fourth-order valence-corrected chi connectivity index (χ4v) is 3.84. The van der Waals surface area contributed by atoms with Crippen molar-refractivity contribution in [1.29, 1.82) is 0 Å². The largest absolute Gasteiger partial charge is 0.496 e. The SMILES string of the molecule is COc1cc(C(=O)O)ccc1CNC(=O)OCC1c2ccccc2-c2ccccc21. The zero-order valence-corrected chi connectivity index (χ0v) is 16.4. The third-order valence-corrected chi connectivity index (χ3v) is 5.30. The summed E-state index contributed by atoms with van der Waals surface area (Å²) in [5.74, 6) is -0.647. The van der Waals surface area contributed by atoms with E-state index in [-0.39, 0.29) is 24.6 Å². The summed E-state index contributed by atoms with van der Waals surface area (Å²) in [6.07, 6.45) is -0.541. The molecule has 0 fully saturated rings. The number of ether oxygens (including phenoxy) is 2. The van der Waals surface area contributed by atoms with Crippen LogP contribution >= 0.6 is 0 Å². The average Bonchev–Trinajstić information content (AvgIpc) is 3.10. The first kappa shape index (κ1) is 19.5. The number of carboxylic acid groups (broad SMARTS) is 1. The second-order valence-electron chi connectivity index (χ2n) is 7.01. The van der Waals surface area contributed by atoms with Crippen molar-refractivity contribution in [3.05, 3.63) is 89.0 Å². The molecule has 4 rings (SSSR count). The minimum atomic E-state index is -1.04. The standard InChI is InChI=1S/C24H21NO5/c1-29-22-12-15(23(26)27)10-11-16(22)13-25-24(28)30-14-21-19-8-4-2-6-17(19)18-7-3-5-9-20(18)21/h2-12,21H,13-14H2,1H3,(H,25,28)(H,26,27). The Hall–Kier alpha value is -3.80. The number of carbonyl (C=O) groups excluding carboxylic acids is 1. The maximum Gasteiger partial charge on any atom is 0.407 e. The smallest absolute Gasteiger partial charge is 0.407 e. The van der Waals surface area contributed by atoms with Gasteiger partial charge >= 0.3 is 12.1 Å². The Kier molecular flexibility index (Phi) is 5.39. The van der Waals surface area contributed by atoms with Crippen LogP contribution in [-0.4, -0.2) is 30.9 Å². The molecule has 30 heavy (non-hydrogen) atoms. The van der Waals surface area contributed by atoms with Crippen LogP contribution in [-0.2, 0) is 11.3 Å². The molecule has 6 heteroatoms. The van der Waals surface area contributed by atoms with Crippen molar-refractivity contribution in [2.24, 2.45) is 0 Å². The third-order valence-electron chi connectivity index (χ3n) is 5.30. The van der Waals surface area contributed by atoms with E-state index >= 15 is 0 Å². The first-order valence-electron chi connectivity index (χ1n) is 9.57. The van der Waals surface area contributed by atoms with Crippen LogP contribution in [0.1, 0.15) is 33.0 Å². The fourth-order valence-electron chi connectivity index (χ4n) is 3.84. The molecule has 0 radical (unpaired) electrons. The molecule has 3 aromatic carbocycles. The Bertz CT molecular complexity index is 1060. The number of hydrogen-bond acceptors (Lipinski definition) is 4. The number of aromatic carboxylic acids is 1. The second kappa shape index (κ2) is 8.29. The lowest BCUT2D eigenvalue weighted by atomic mass is 9.98. The number of amides is 1. The van der Waals surface area contributed by atoms with Crippen molar-refractivity contribution in [2.45, 2.75) is 12.5 Å². The molecule has 1 amide bonds. The Morgan fingerprint density at radius 3 is 2.20 bits per heavy atom. The zero-order chi connectivity index (χ0) is 21.1. The number of nitrogens with one attached hydrogen (secondary N) is 1. The van der Waals surface area contributed by atoms with Crippen LogP contribution in [0.3, 0.4) is 0 Å². The molecule has 3 aromatic rings. The highest BCUT2D eigenvalue weighted by molar-refractivity contribution is 5.88. The molecule has 1 aliphatic carbocycles. The minimum absolute atomic E-state index is 0.00691. The molecule has 0 atom stereocenters. The highest BCUT2D eigenvalue weighted by Crippen LogP contribution is 2.44. The molecule has 152 valence electrons. The summed E-state index contributed by atoms with van der Waals surface area (Å²) in [6, 6.07) is 20.8. The first-order chi connectivity index (χ1) is 14.6. The first-order valence-corrected chi connectivity index (χ1v) is 9.57. The van der Waals surface area contributed by atoms with Gasteiger partial charge in [0.25, 0.3) is 0 Å². The van der Waals surface area contributed by atoms with E-state index < -0.39 is 12.1 Å². The summed E-state index contributed by atoms with van der Waals surface area (Å²) < 4.78 is 10.7. The molecule has 0 aliphatic heterocycles. The monoisotopic (exact) mass is 403 g/mol. The highest BCUT2D eigenvalue weighted by atomic mass is 16.5. The van der Waals surface area contributed by atoms with E-state index in [1.807, 2.05) is 24.3 Å². The van der Waals surface area contributed by atoms with Crippen LogP contribution < -0.4 is 10.1 Å². The van der Waals surface area contributed by atoms with Crippen molar-refractivity contribution >= 4 is 12.1 Å². The van der Waals surface area contributed by atoms with E-state index in [0.717, 1.165) is 11.1 Å². The van der Waals surface area contributed by atoms with Gasteiger partial charge in [0.15, 0.2) is 0 Å². The maximum absolute atomic E-state index is 12.3. The van der Waals surface area contributed by atoms with Gasteiger partial charge in [-0.3, -0.25) is 0 Å². The van der Waals surface area contributed by atoms with Crippen LogP contribution in [0, 0.1) is 0 Å². The molecular formula is C24H21NO5. The summed E-state index contributed by atoms with van der Waals surface area (Å²) in [4.78, 5) is 23.4. The molecule has 0 bridgehead atoms. The lowest BCUT2D eigenvalue weighted by molar-refractivity contribution is 0.0696. The minimum Gasteiger partial charge on any atom is -0.496 e. The van der Waals surface area contributed by atoms with Crippen LogP contribution in [0.4, 0.5) is 4.79 Å². The number of hydrogen-bond donors (Lipinski definition) is 2. The number of benzene rings is 3. The molecule has 0 saturated carbocycles. The summed E-state index contributed by atoms with van der Waals surface area (Å²) in [5, 5.41) is 11.8. The number of carbonyl (C=O) groups is 2. The quantitative estimate of drug-likeness (QED) is 0.636. The number of alkyl carbamates (subject to hydrolysis) is 1. The van der Waals surface area contributed by atoms with E-state index in [2.05, 4.69) is 29.6 Å². The predicted molar refractivity (Wildman–Crippen MR) is 112 cm³/mol. The fraction of sp³-hybridized carbons (Fsp3) is 0.167. The molecule has 0 unspecified atom stereocenters. The number of carboxylic acids is 1. The van der Waals surface area contributed by atoms with Gasteiger partial charge in [0.2, 0.25) is 0 Å². The van der Waals surface area contributed by atoms with Gasteiger partial charge in [-0.25, -0.2) is 9.59 Å². The van der Waals surface area contributed by atoms with Gasteiger partial charge in [-0.15, -0.1) is 0 Å². The number of fused-ring (bicyclic) bond motifs is 3. The summed E-state index contributed by atoms with van der Waals surface area (Å²) in [6.45, 7) is 0.398. The van der Waals surface area contributed by atoms with Gasteiger partial charge in [0, 0.05) is 18.0 Å². The van der Waals surface area contributed by atoms with Gasteiger partial charge in [0.1, 0.15) is 12.4 Å². The van der Waals surface area contributed by atoms with Crippen molar-refractivity contribution in [3.8, 4) is 16.9 Å². The highest BCUT2D eigenvalue weighted by Gasteiger charge is 2.29. The molecule has 0 heterocycles. The lowest BCUT2D eigenvalue weighted by Crippen LogP contribution is -2.26. The van der Waals surface area contributed by atoms with E-state index in [1.54, 1.807) is 6.07 Å². The van der Waals surface area contributed by atoms with Gasteiger partial charge in [-0.05, 0) is 34.4 Å². The Labute approximate surface area is 174 Å². The maximum atomic E-state index is 12.3. The summed E-state index contributed by atoms with van der Waals surface area (Å²) in [5.41, 5.74) is 5.43. The normalized spacial score (nSPS) is 12.0. The van der Waals surface area contributed by atoms with Crippen molar-refractivity contribution in [2.75, 3.05) is 13.7 Å². The molecule has 0 aromatic heterocycles. The van der Waals surface area contributed by atoms with Gasteiger partial charge < -0.3 is 19.9 Å².